The smallest absolute Gasteiger partial charge is 0.338 e. The van der Waals surface area contributed by atoms with Gasteiger partial charge in [-0.15, -0.1) is 11.3 Å². The highest BCUT2D eigenvalue weighted by Gasteiger charge is 2.48. The number of carboxylic acid groups (broad SMARTS) is 1. The van der Waals surface area contributed by atoms with E-state index in [4.69, 9.17) is 35.9 Å². The number of hydrogen-bond acceptors (Lipinski definition) is 12. The Morgan fingerprint density at radius 2 is 1.83 bits per heavy atom. The van der Waals surface area contributed by atoms with Crippen molar-refractivity contribution >= 4 is 58.3 Å². The summed E-state index contributed by atoms with van der Waals surface area (Å²) in [5.41, 5.74) is 2.14. The molecule has 3 N–H and O–H groups in total. The normalized spacial score (nSPS) is 21.6. The highest BCUT2D eigenvalue weighted by Crippen LogP contribution is 2.40. The van der Waals surface area contributed by atoms with Gasteiger partial charge in [0.15, 0.2) is 10.8 Å². The quantitative estimate of drug-likeness (QED) is 0.151. The van der Waals surface area contributed by atoms with Crippen LogP contribution in [0.3, 0.4) is 0 Å². The molecule has 0 radical (unpaired) electrons. The number of ether oxygens (including phenoxy) is 3. The molecule has 5 heterocycles. The van der Waals surface area contributed by atoms with Crippen LogP contribution in [-0.4, -0.2) is 114 Å². The van der Waals surface area contributed by atoms with Crippen molar-refractivity contribution in [2.24, 2.45) is 4.99 Å². The predicted molar refractivity (Wildman–Crippen MR) is 220 cm³/mol. The minimum Gasteiger partial charge on any atom is -0.481 e. The lowest BCUT2D eigenvalue weighted by Gasteiger charge is -2.34. The van der Waals surface area contributed by atoms with Gasteiger partial charge < -0.3 is 39.8 Å². The largest absolute Gasteiger partial charge is 0.481 e. The van der Waals surface area contributed by atoms with Crippen molar-refractivity contribution in [3.63, 3.8) is 0 Å². The molecular formula is C42H41ClFN7O8S. The number of anilines is 1. The number of halogens is 2. The molecule has 4 atom stereocenters. The second-order valence-corrected chi connectivity index (χ2v) is 15.9. The van der Waals surface area contributed by atoms with Crippen LogP contribution in [0.2, 0.25) is 5.02 Å². The van der Waals surface area contributed by atoms with Crippen LogP contribution in [0, 0.1) is 5.82 Å². The number of hydrogen-bond donors (Lipinski definition) is 3. The van der Waals surface area contributed by atoms with E-state index in [1.165, 1.54) is 36.6 Å². The number of rotatable bonds is 12. The van der Waals surface area contributed by atoms with Crippen LogP contribution in [0.4, 0.5) is 14.9 Å². The molecule has 8 rings (SSSR count). The maximum atomic E-state index is 14.3. The first-order chi connectivity index (χ1) is 29.1. The van der Waals surface area contributed by atoms with Crippen LogP contribution in [0.25, 0.3) is 0 Å². The van der Waals surface area contributed by atoms with Gasteiger partial charge >= 0.3 is 18.0 Å². The standard InChI is InChI=1S/C42H41ClFN7O8S/c1-57-41(55)36-32(47-38(39-46-15-19-60-39)48-37(36)30-12-4-25(44)20-31(30)43)21-33-34-22-45-14-16-50(34)42(56)51(33)26-5-9-28(10-6-26)59-27-7-2-24(3-8-27)40(54)49-17-18-58-29(23-49)11-13-35(52)53/h2-10,12,15,19-20,29,33-34,37,45H,11,13-14,16-18,21-23H2,1H3,(H,47,48)(H,52,53). The van der Waals surface area contributed by atoms with E-state index in [1.807, 2.05) is 4.90 Å². The number of aliphatic imine (C=N–C) groups is 1. The van der Waals surface area contributed by atoms with E-state index in [0.29, 0.717) is 90.6 Å². The Balaban J connectivity index is 1.04. The number of carbonyl (C=O) groups is 4. The number of urea groups is 1. The summed E-state index contributed by atoms with van der Waals surface area (Å²) in [6.45, 7) is 2.70. The molecule has 3 saturated heterocycles. The fourth-order valence-electron chi connectivity index (χ4n) is 8.02. The third-order valence-electron chi connectivity index (χ3n) is 10.9. The number of morpholine rings is 1. The highest BCUT2D eigenvalue weighted by molar-refractivity contribution is 7.11. The highest BCUT2D eigenvalue weighted by atomic mass is 35.5. The number of methoxy groups -OCH3 is 1. The molecule has 0 spiro atoms. The van der Waals surface area contributed by atoms with E-state index in [9.17, 15) is 23.6 Å². The summed E-state index contributed by atoms with van der Waals surface area (Å²) < 4.78 is 31.3. The van der Waals surface area contributed by atoms with Gasteiger partial charge in [-0.2, -0.15) is 0 Å². The first kappa shape index (κ1) is 40.9. The molecule has 3 aromatic carbocycles. The number of carbonyl (C=O) groups excluding carboxylic acids is 3. The summed E-state index contributed by atoms with van der Waals surface area (Å²) >= 11 is 7.94. The van der Waals surface area contributed by atoms with Crippen LogP contribution < -0.4 is 20.3 Å². The van der Waals surface area contributed by atoms with Crippen molar-refractivity contribution in [2.45, 2.75) is 43.5 Å². The minimum absolute atomic E-state index is 0.0277. The molecular weight excluding hydrogens is 817 g/mol. The van der Waals surface area contributed by atoms with Gasteiger partial charge in [-0.25, -0.2) is 19.0 Å². The SMILES string of the molecule is COC(=O)C1=C(CC2C3CNCCN3C(=O)N2c2ccc(Oc3ccc(C(=O)N4CCOC(CCC(=O)O)C4)cc3)cc2)NC(c2nccs2)=NC1c1ccc(F)cc1Cl. The lowest BCUT2D eigenvalue weighted by atomic mass is 9.91. The number of nitrogens with one attached hydrogen (secondary N) is 2. The zero-order valence-electron chi connectivity index (χ0n) is 32.4. The van der Waals surface area contributed by atoms with Gasteiger partial charge in [-0.3, -0.25) is 19.5 Å². The number of carboxylic acids is 1. The van der Waals surface area contributed by atoms with Crippen LogP contribution in [0.1, 0.15) is 46.2 Å². The molecule has 4 aromatic rings. The van der Waals surface area contributed by atoms with E-state index < -0.39 is 29.8 Å². The van der Waals surface area contributed by atoms with Gasteiger partial charge in [0, 0.05) is 84.7 Å². The van der Waals surface area contributed by atoms with Crippen molar-refractivity contribution in [3.8, 4) is 11.5 Å². The number of aromatic nitrogens is 1. The third-order valence-corrected chi connectivity index (χ3v) is 12.0. The number of fused-ring (bicyclic) bond motifs is 1. The van der Waals surface area contributed by atoms with E-state index >= 15 is 0 Å². The van der Waals surface area contributed by atoms with Gasteiger partial charge in [-0.1, -0.05) is 17.7 Å². The van der Waals surface area contributed by atoms with Gasteiger partial charge in [-0.05, 0) is 67.1 Å². The lowest BCUT2D eigenvalue weighted by Crippen LogP contribution is -2.52. The second-order valence-electron chi connectivity index (χ2n) is 14.6. The molecule has 4 unspecified atom stereocenters. The zero-order valence-corrected chi connectivity index (χ0v) is 34.0. The van der Waals surface area contributed by atoms with Gasteiger partial charge in [0.25, 0.3) is 5.91 Å². The fourth-order valence-corrected chi connectivity index (χ4v) is 8.88. The Morgan fingerprint density at radius 1 is 1.07 bits per heavy atom. The van der Waals surface area contributed by atoms with Gasteiger partial charge in [0.05, 0.1) is 37.5 Å². The summed E-state index contributed by atoms with van der Waals surface area (Å²) in [6.07, 6.45) is 1.81. The average Bonchev–Trinajstić information content (AvgIpc) is 3.90. The number of amides is 3. The minimum atomic E-state index is -0.961. The molecule has 60 heavy (non-hydrogen) atoms. The molecule has 0 saturated carbocycles. The summed E-state index contributed by atoms with van der Waals surface area (Å²) in [4.78, 5) is 66.7. The molecule has 3 amide bonds. The molecule has 4 aliphatic rings. The molecule has 1 aromatic heterocycles. The topological polar surface area (TPSA) is 175 Å². The van der Waals surface area contributed by atoms with E-state index in [1.54, 1.807) is 69.9 Å². The number of thiazole rings is 1. The van der Waals surface area contributed by atoms with Crippen LogP contribution in [0.15, 0.2) is 94.6 Å². The Morgan fingerprint density at radius 3 is 2.53 bits per heavy atom. The van der Waals surface area contributed by atoms with E-state index in [0.717, 1.165) is 0 Å². The predicted octanol–water partition coefficient (Wildman–Crippen LogP) is 5.62. The number of esters is 1. The number of piperazine rings is 1. The van der Waals surface area contributed by atoms with Gasteiger partial charge in [0.1, 0.15) is 23.4 Å². The van der Waals surface area contributed by atoms with Crippen molar-refractivity contribution in [1.29, 1.82) is 0 Å². The van der Waals surface area contributed by atoms with Crippen molar-refractivity contribution < 1.29 is 42.9 Å². The number of benzene rings is 3. The fraction of sp³-hybridized carbons (Fsp3) is 0.333. The van der Waals surface area contributed by atoms with E-state index in [2.05, 4.69) is 15.6 Å². The van der Waals surface area contributed by atoms with E-state index in [-0.39, 0.29) is 47.5 Å². The van der Waals surface area contributed by atoms with Crippen LogP contribution in [0.5, 0.6) is 11.5 Å². The molecule has 18 heteroatoms. The van der Waals surface area contributed by atoms with Crippen molar-refractivity contribution in [3.05, 3.63) is 117 Å². The molecule has 15 nitrogen and oxygen atoms in total. The van der Waals surface area contributed by atoms with Crippen molar-refractivity contribution in [1.82, 2.24) is 25.4 Å². The zero-order chi connectivity index (χ0) is 41.9. The third kappa shape index (κ3) is 8.56. The molecule has 3 fully saturated rings. The number of amidine groups is 1. The Kier molecular flexibility index (Phi) is 12.1. The van der Waals surface area contributed by atoms with Crippen molar-refractivity contribution in [2.75, 3.05) is 51.3 Å². The number of aliphatic carboxylic acids is 1. The first-order valence-electron chi connectivity index (χ1n) is 19.4. The monoisotopic (exact) mass is 857 g/mol. The number of nitrogens with zero attached hydrogens (tertiary/aromatic N) is 5. The summed E-state index contributed by atoms with van der Waals surface area (Å²) in [5.74, 6) is -0.869. The summed E-state index contributed by atoms with van der Waals surface area (Å²) in [5, 5.41) is 18.3. The maximum Gasteiger partial charge on any atom is 0.338 e. The Bertz CT molecular complexity index is 2330. The molecule has 0 bridgehead atoms. The summed E-state index contributed by atoms with van der Waals surface area (Å²) in [6, 6.07) is 16.0. The van der Waals surface area contributed by atoms with Crippen LogP contribution >= 0.6 is 22.9 Å². The first-order valence-corrected chi connectivity index (χ1v) is 20.7. The summed E-state index contributed by atoms with van der Waals surface area (Å²) in [7, 11) is 1.28. The van der Waals surface area contributed by atoms with Crippen LogP contribution in [-0.2, 0) is 19.1 Å². The second kappa shape index (κ2) is 17.8. The van der Waals surface area contributed by atoms with Gasteiger partial charge in [0.2, 0.25) is 0 Å². The maximum absolute atomic E-state index is 14.3. The lowest BCUT2D eigenvalue weighted by molar-refractivity contribution is -0.138. The Hall–Kier alpha value is -5.88. The Labute approximate surface area is 353 Å². The molecule has 312 valence electrons. The molecule has 4 aliphatic heterocycles. The molecule has 0 aliphatic carbocycles. The average molecular weight is 858 g/mol.